The topological polar surface area (TPSA) is 70.7 Å². The number of nitrogens with one attached hydrogen (secondary N) is 2. The van der Waals surface area contributed by atoms with Gasteiger partial charge >= 0.3 is 0 Å². The highest BCUT2D eigenvalue weighted by molar-refractivity contribution is 5.95. The summed E-state index contributed by atoms with van der Waals surface area (Å²) >= 11 is 0. The Balaban J connectivity index is 1.78. The Hall–Kier alpha value is -3.02. The third-order valence-corrected chi connectivity index (χ3v) is 4.59. The molecule has 1 heterocycles. The number of anilines is 2. The quantitative estimate of drug-likeness (QED) is 0.853. The molecule has 0 aliphatic carbocycles. The Bertz CT molecular complexity index is 835. The number of carbonyl (C=O) groups excluding carboxylic acids is 2. The first kappa shape index (κ1) is 18.8. The SMILES string of the molecule is CNC(=O)[C@@H]1CN(CC(=O)Nc2ccccc2C(C)C)c2ccccc2O1. The van der Waals surface area contributed by atoms with E-state index in [0.29, 0.717) is 18.2 Å². The van der Waals surface area contributed by atoms with Crippen LogP contribution < -0.4 is 20.3 Å². The second-order valence-corrected chi connectivity index (χ2v) is 6.86. The van der Waals surface area contributed by atoms with E-state index in [1.165, 1.54) is 0 Å². The summed E-state index contributed by atoms with van der Waals surface area (Å²) < 4.78 is 5.78. The third kappa shape index (κ3) is 4.22. The van der Waals surface area contributed by atoms with E-state index in [1.54, 1.807) is 7.05 Å². The zero-order chi connectivity index (χ0) is 19.4. The van der Waals surface area contributed by atoms with E-state index in [1.807, 2.05) is 53.4 Å². The van der Waals surface area contributed by atoms with Crippen LogP contribution in [-0.2, 0) is 9.59 Å². The van der Waals surface area contributed by atoms with Crippen molar-refractivity contribution in [2.75, 3.05) is 30.4 Å². The number of hydrogen-bond donors (Lipinski definition) is 2. The lowest BCUT2D eigenvalue weighted by Crippen LogP contribution is -2.50. The van der Waals surface area contributed by atoms with Gasteiger partial charge in [-0.1, -0.05) is 44.2 Å². The first-order valence-corrected chi connectivity index (χ1v) is 9.10. The van der Waals surface area contributed by atoms with Gasteiger partial charge in [-0.3, -0.25) is 9.59 Å². The lowest BCUT2D eigenvalue weighted by molar-refractivity contribution is -0.127. The monoisotopic (exact) mass is 367 g/mol. The van der Waals surface area contributed by atoms with Gasteiger partial charge in [-0.15, -0.1) is 0 Å². The van der Waals surface area contributed by atoms with Gasteiger partial charge in [0.05, 0.1) is 18.8 Å². The van der Waals surface area contributed by atoms with Crippen LogP contribution in [0.25, 0.3) is 0 Å². The molecule has 2 aromatic carbocycles. The van der Waals surface area contributed by atoms with Gasteiger partial charge < -0.3 is 20.3 Å². The standard InChI is InChI=1S/C21H25N3O3/c1-14(2)15-8-4-5-9-16(15)23-20(25)13-24-12-19(21(26)22-3)27-18-11-7-6-10-17(18)24/h4-11,14,19H,12-13H2,1-3H3,(H,22,26)(H,23,25)/t19-/m0/s1. The molecule has 27 heavy (non-hydrogen) atoms. The summed E-state index contributed by atoms with van der Waals surface area (Å²) in [6.07, 6.45) is -0.652. The van der Waals surface area contributed by atoms with Crippen molar-refractivity contribution in [1.29, 1.82) is 0 Å². The van der Waals surface area contributed by atoms with Crippen molar-refractivity contribution >= 4 is 23.2 Å². The highest BCUT2D eigenvalue weighted by Gasteiger charge is 2.31. The molecule has 142 valence electrons. The van der Waals surface area contributed by atoms with Crippen LogP contribution in [0.15, 0.2) is 48.5 Å². The fraction of sp³-hybridized carbons (Fsp3) is 0.333. The maximum atomic E-state index is 12.7. The molecule has 0 aromatic heterocycles. The van der Waals surface area contributed by atoms with Crippen LogP contribution in [0.3, 0.4) is 0 Å². The zero-order valence-electron chi connectivity index (χ0n) is 15.9. The molecule has 1 aliphatic heterocycles. The summed E-state index contributed by atoms with van der Waals surface area (Å²) in [6, 6.07) is 15.3. The molecular weight excluding hydrogens is 342 g/mol. The van der Waals surface area contributed by atoms with Crippen LogP contribution in [0.5, 0.6) is 5.75 Å². The maximum absolute atomic E-state index is 12.7. The van der Waals surface area contributed by atoms with E-state index < -0.39 is 6.10 Å². The normalized spacial score (nSPS) is 15.7. The van der Waals surface area contributed by atoms with E-state index in [0.717, 1.165) is 16.9 Å². The molecule has 2 amide bonds. The van der Waals surface area contributed by atoms with E-state index in [2.05, 4.69) is 24.5 Å². The number of fused-ring (bicyclic) bond motifs is 1. The predicted octanol–water partition coefficient (Wildman–Crippen LogP) is 2.76. The molecule has 0 saturated heterocycles. The fourth-order valence-corrected chi connectivity index (χ4v) is 3.23. The molecule has 0 bridgehead atoms. The lowest BCUT2D eigenvalue weighted by atomic mass is 10.0. The minimum Gasteiger partial charge on any atom is -0.477 e. The molecule has 1 aliphatic rings. The predicted molar refractivity (Wildman–Crippen MR) is 106 cm³/mol. The molecule has 3 rings (SSSR count). The summed E-state index contributed by atoms with van der Waals surface area (Å²) in [7, 11) is 1.58. The van der Waals surface area contributed by atoms with Gasteiger partial charge in [0.1, 0.15) is 5.75 Å². The number of hydrogen-bond acceptors (Lipinski definition) is 4. The number of likely N-dealkylation sites (N-methyl/N-ethyl adjacent to an activating group) is 1. The number of ether oxygens (including phenoxy) is 1. The van der Waals surface area contributed by atoms with Gasteiger partial charge in [0, 0.05) is 12.7 Å². The molecular formula is C21H25N3O3. The molecule has 2 aromatic rings. The molecule has 6 heteroatoms. The highest BCUT2D eigenvalue weighted by Crippen LogP contribution is 2.33. The third-order valence-electron chi connectivity index (χ3n) is 4.59. The van der Waals surface area contributed by atoms with Gasteiger partial charge in [-0.05, 0) is 29.7 Å². The average molecular weight is 367 g/mol. The van der Waals surface area contributed by atoms with Crippen molar-refractivity contribution in [1.82, 2.24) is 5.32 Å². The number of benzene rings is 2. The van der Waals surface area contributed by atoms with Gasteiger partial charge in [-0.25, -0.2) is 0 Å². The van der Waals surface area contributed by atoms with Gasteiger partial charge in [0.2, 0.25) is 5.91 Å². The smallest absolute Gasteiger partial charge is 0.262 e. The Morgan fingerprint density at radius 3 is 2.59 bits per heavy atom. The van der Waals surface area contributed by atoms with Crippen molar-refractivity contribution < 1.29 is 14.3 Å². The Morgan fingerprint density at radius 1 is 1.15 bits per heavy atom. The molecule has 2 N–H and O–H groups in total. The molecule has 0 saturated carbocycles. The summed E-state index contributed by atoms with van der Waals surface area (Å²) in [5, 5.41) is 5.61. The Kier molecular flexibility index (Phi) is 5.64. The van der Waals surface area contributed by atoms with Gasteiger partial charge in [0.15, 0.2) is 6.10 Å². The van der Waals surface area contributed by atoms with E-state index >= 15 is 0 Å². The average Bonchev–Trinajstić information content (AvgIpc) is 2.67. The number of carbonyl (C=O) groups is 2. The van der Waals surface area contributed by atoms with E-state index in [9.17, 15) is 9.59 Å². The molecule has 0 fully saturated rings. The second-order valence-electron chi connectivity index (χ2n) is 6.86. The molecule has 0 spiro atoms. The second kappa shape index (κ2) is 8.12. The number of nitrogens with zero attached hydrogens (tertiary/aromatic N) is 1. The van der Waals surface area contributed by atoms with Crippen LogP contribution in [0, 0.1) is 0 Å². The number of para-hydroxylation sites is 3. The van der Waals surface area contributed by atoms with Crippen LogP contribution in [0.4, 0.5) is 11.4 Å². The van der Waals surface area contributed by atoms with Crippen molar-refractivity contribution in [3.63, 3.8) is 0 Å². The molecule has 0 unspecified atom stereocenters. The zero-order valence-corrected chi connectivity index (χ0v) is 15.9. The van der Waals surface area contributed by atoms with Gasteiger partial charge in [0.25, 0.3) is 5.91 Å². The Labute approximate surface area is 159 Å². The van der Waals surface area contributed by atoms with Crippen molar-refractivity contribution in [3.8, 4) is 5.75 Å². The van der Waals surface area contributed by atoms with Crippen molar-refractivity contribution in [2.45, 2.75) is 25.9 Å². The first-order chi connectivity index (χ1) is 13.0. The fourth-order valence-electron chi connectivity index (χ4n) is 3.23. The Morgan fingerprint density at radius 2 is 1.85 bits per heavy atom. The summed E-state index contributed by atoms with van der Waals surface area (Å²) in [5.74, 6) is 0.575. The van der Waals surface area contributed by atoms with Crippen molar-refractivity contribution in [2.24, 2.45) is 0 Å². The van der Waals surface area contributed by atoms with Crippen LogP contribution in [-0.4, -0.2) is 38.1 Å². The van der Waals surface area contributed by atoms with Crippen LogP contribution in [0.1, 0.15) is 25.3 Å². The molecule has 6 nitrogen and oxygen atoms in total. The van der Waals surface area contributed by atoms with Gasteiger partial charge in [-0.2, -0.15) is 0 Å². The minimum absolute atomic E-state index is 0.129. The van der Waals surface area contributed by atoms with Crippen molar-refractivity contribution in [3.05, 3.63) is 54.1 Å². The number of amides is 2. The highest BCUT2D eigenvalue weighted by atomic mass is 16.5. The van der Waals surface area contributed by atoms with E-state index in [-0.39, 0.29) is 18.4 Å². The lowest BCUT2D eigenvalue weighted by Gasteiger charge is -2.35. The number of rotatable bonds is 5. The molecule has 0 radical (unpaired) electrons. The molecule has 1 atom stereocenters. The van der Waals surface area contributed by atoms with Crippen LogP contribution >= 0.6 is 0 Å². The summed E-state index contributed by atoms with van der Waals surface area (Å²) in [6.45, 7) is 4.64. The maximum Gasteiger partial charge on any atom is 0.262 e. The summed E-state index contributed by atoms with van der Waals surface area (Å²) in [5.41, 5.74) is 2.73. The first-order valence-electron chi connectivity index (χ1n) is 9.10. The van der Waals surface area contributed by atoms with Crippen LogP contribution in [0.2, 0.25) is 0 Å². The summed E-state index contributed by atoms with van der Waals surface area (Å²) in [4.78, 5) is 26.7. The largest absolute Gasteiger partial charge is 0.477 e. The minimum atomic E-state index is -0.652. The van der Waals surface area contributed by atoms with E-state index in [4.69, 9.17) is 4.74 Å².